The second kappa shape index (κ2) is 15.9. The average Bonchev–Trinajstić information content (AvgIpc) is 2.64. The van der Waals surface area contributed by atoms with Gasteiger partial charge in [-0.1, -0.05) is 77.0 Å². The molecule has 0 saturated heterocycles. The van der Waals surface area contributed by atoms with Crippen molar-refractivity contribution in [3.63, 3.8) is 0 Å². The Morgan fingerprint density at radius 2 is 1.32 bits per heavy atom. The predicted octanol–water partition coefficient (Wildman–Crippen LogP) is 8.03. The molecule has 1 nitrogen and oxygen atoms in total. The summed E-state index contributed by atoms with van der Waals surface area (Å²) in [4.78, 5) is 0. The minimum Gasteiger partial charge on any atom is -0.283 e. The topological polar surface area (TPSA) is 9.23 Å². The van der Waals surface area contributed by atoms with Gasteiger partial charge in [-0.2, -0.15) is 0 Å². The van der Waals surface area contributed by atoms with Gasteiger partial charge in [-0.15, -0.1) is 0 Å². The van der Waals surface area contributed by atoms with E-state index in [2.05, 4.69) is 67.8 Å². The summed E-state index contributed by atoms with van der Waals surface area (Å²) in [6.07, 6.45) is 16.1. The van der Waals surface area contributed by atoms with E-state index in [1.165, 1.54) is 75.8 Å². The molecular formula is C22H39ClOP+. The van der Waals surface area contributed by atoms with Crippen LogP contribution in [0.3, 0.4) is 0 Å². The molecule has 1 rings (SSSR count). The van der Waals surface area contributed by atoms with Crippen LogP contribution in [0.15, 0.2) is 30.8 Å². The highest BCUT2D eigenvalue weighted by Gasteiger charge is 2.35. The molecule has 0 N–H and O–H groups in total. The van der Waals surface area contributed by atoms with Crippen LogP contribution >= 0.6 is 19.1 Å². The molecule has 1 aromatic carbocycles. The van der Waals surface area contributed by atoms with Gasteiger partial charge in [0.2, 0.25) is 0 Å². The van der Waals surface area contributed by atoms with Gasteiger partial charge < -0.3 is 0 Å². The Balaban J connectivity index is 0.00000178. The SMILES string of the molecule is C=Cc1ccc(C[P+](CCCC)(CCCC)CCCC)cc1.COCl. The molecule has 0 heterocycles. The number of unbranched alkanes of at least 4 members (excludes halogenated alkanes) is 3. The summed E-state index contributed by atoms with van der Waals surface area (Å²) >= 11 is 4.50. The summed E-state index contributed by atoms with van der Waals surface area (Å²) in [6.45, 7) is 10.9. The Hall–Kier alpha value is -0.360. The van der Waals surface area contributed by atoms with Gasteiger partial charge in [-0.3, -0.25) is 4.29 Å². The van der Waals surface area contributed by atoms with Crippen LogP contribution in [0.2, 0.25) is 0 Å². The lowest BCUT2D eigenvalue weighted by Gasteiger charge is -2.28. The molecule has 0 amide bonds. The number of hydrogen-bond acceptors (Lipinski definition) is 1. The van der Waals surface area contributed by atoms with Crippen LogP contribution in [0.4, 0.5) is 0 Å². The van der Waals surface area contributed by atoms with E-state index in [0.717, 1.165) is 0 Å². The summed E-state index contributed by atoms with van der Waals surface area (Å²) in [5, 5.41) is 0. The Bertz CT molecular complexity index is 408. The van der Waals surface area contributed by atoms with Crippen molar-refractivity contribution in [2.24, 2.45) is 0 Å². The Morgan fingerprint density at radius 3 is 1.64 bits per heavy atom. The molecule has 25 heavy (non-hydrogen) atoms. The van der Waals surface area contributed by atoms with E-state index >= 15 is 0 Å². The third-order valence-electron chi connectivity index (χ3n) is 4.69. The second-order valence-corrected chi connectivity index (χ2v) is 11.5. The van der Waals surface area contributed by atoms with Crippen molar-refractivity contribution in [2.75, 3.05) is 25.6 Å². The van der Waals surface area contributed by atoms with Crippen LogP contribution in [-0.2, 0) is 10.5 Å². The highest BCUT2D eigenvalue weighted by atomic mass is 35.5. The molecule has 144 valence electrons. The smallest absolute Gasteiger partial charge is 0.0842 e. The van der Waals surface area contributed by atoms with Crippen molar-refractivity contribution in [1.29, 1.82) is 0 Å². The normalized spacial score (nSPS) is 10.9. The van der Waals surface area contributed by atoms with Gasteiger partial charge in [0.15, 0.2) is 0 Å². The first-order valence-corrected chi connectivity index (χ1v) is 12.7. The third-order valence-corrected chi connectivity index (χ3v) is 9.52. The predicted molar refractivity (Wildman–Crippen MR) is 119 cm³/mol. The van der Waals surface area contributed by atoms with Gasteiger partial charge in [0.1, 0.15) is 0 Å². The lowest BCUT2D eigenvalue weighted by molar-refractivity contribution is 0.463. The molecule has 0 bridgehead atoms. The minimum absolute atomic E-state index is 0.817. The molecule has 1 aromatic rings. The molecule has 3 heteroatoms. The maximum absolute atomic E-state index is 4.50. The highest BCUT2D eigenvalue weighted by molar-refractivity contribution is 7.75. The van der Waals surface area contributed by atoms with Gasteiger partial charge in [0, 0.05) is 7.26 Å². The van der Waals surface area contributed by atoms with E-state index in [9.17, 15) is 0 Å². The molecule has 0 aliphatic rings. The zero-order valence-electron chi connectivity index (χ0n) is 16.9. The lowest BCUT2D eigenvalue weighted by atomic mass is 10.1. The van der Waals surface area contributed by atoms with Crippen LogP contribution in [0.5, 0.6) is 0 Å². The van der Waals surface area contributed by atoms with Crippen molar-refractivity contribution >= 4 is 25.2 Å². The van der Waals surface area contributed by atoms with Crippen molar-refractivity contribution in [3.8, 4) is 0 Å². The molecule has 0 unspecified atom stereocenters. The van der Waals surface area contributed by atoms with Crippen LogP contribution in [0, 0.1) is 0 Å². The maximum Gasteiger partial charge on any atom is 0.0842 e. The molecule has 0 radical (unpaired) electrons. The molecule has 0 aliphatic carbocycles. The molecule has 0 saturated carbocycles. The fourth-order valence-electron chi connectivity index (χ4n) is 3.20. The third kappa shape index (κ3) is 11.1. The van der Waals surface area contributed by atoms with Gasteiger partial charge >= 0.3 is 0 Å². The van der Waals surface area contributed by atoms with Crippen LogP contribution in [0.25, 0.3) is 6.08 Å². The fraction of sp³-hybridized carbons (Fsp3) is 0.636. The fourth-order valence-corrected chi connectivity index (χ4v) is 8.29. The van der Waals surface area contributed by atoms with Crippen molar-refractivity contribution in [3.05, 3.63) is 42.0 Å². The first-order chi connectivity index (χ1) is 12.1. The molecule has 0 atom stereocenters. The van der Waals surface area contributed by atoms with Gasteiger partial charge in [-0.05, 0) is 30.4 Å². The summed E-state index contributed by atoms with van der Waals surface area (Å²) < 4.78 is 3.72. The largest absolute Gasteiger partial charge is 0.283 e. The van der Waals surface area contributed by atoms with E-state index < -0.39 is 7.26 Å². The number of hydrogen-bond donors (Lipinski definition) is 0. The summed E-state index contributed by atoms with van der Waals surface area (Å²) in [6, 6.07) is 9.15. The first kappa shape index (κ1) is 24.6. The van der Waals surface area contributed by atoms with Crippen molar-refractivity contribution in [2.45, 2.75) is 65.5 Å². The van der Waals surface area contributed by atoms with E-state index in [0.29, 0.717) is 0 Å². The lowest BCUT2D eigenvalue weighted by Crippen LogP contribution is -2.11. The summed E-state index contributed by atoms with van der Waals surface area (Å²) in [7, 11) is 0.573. The van der Waals surface area contributed by atoms with Crippen LogP contribution in [0.1, 0.15) is 70.4 Å². The van der Waals surface area contributed by atoms with E-state index in [1.807, 2.05) is 6.08 Å². The van der Waals surface area contributed by atoms with Gasteiger partial charge in [-0.25, -0.2) is 0 Å². The molecule has 0 fully saturated rings. The number of halogens is 1. The van der Waals surface area contributed by atoms with E-state index in [1.54, 1.807) is 5.56 Å². The van der Waals surface area contributed by atoms with E-state index in [4.69, 9.17) is 0 Å². The zero-order valence-corrected chi connectivity index (χ0v) is 18.5. The minimum atomic E-state index is -0.817. The maximum atomic E-state index is 4.50. The molecular weight excluding hydrogens is 347 g/mol. The summed E-state index contributed by atoms with van der Waals surface area (Å²) in [5.41, 5.74) is 2.80. The monoisotopic (exact) mass is 385 g/mol. The van der Waals surface area contributed by atoms with E-state index in [-0.39, 0.29) is 0 Å². The standard InChI is InChI=1S/C21H36P.CH3ClO/c1-5-9-16-22(17-10-6-2,18-11-7-3)19-21-14-12-20(8-4)13-15-21;1-3-2/h8,12-15H,4-7,9-11,16-19H2,1-3H3;1H3/q+1;. The first-order valence-electron chi connectivity index (χ1n) is 9.82. The zero-order chi connectivity index (χ0) is 19.0. The van der Waals surface area contributed by atoms with Crippen LogP contribution in [-0.4, -0.2) is 25.6 Å². The number of rotatable bonds is 12. The summed E-state index contributed by atoms with van der Waals surface area (Å²) in [5.74, 6) is 0. The molecule has 0 aromatic heterocycles. The van der Waals surface area contributed by atoms with Gasteiger partial charge in [0.05, 0.1) is 43.6 Å². The van der Waals surface area contributed by atoms with Crippen molar-refractivity contribution in [1.82, 2.24) is 0 Å². The Morgan fingerprint density at radius 1 is 0.920 bits per heavy atom. The molecule has 0 spiro atoms. The van der Waals surface area contributed by atoms with Crippen LogP contribution < -0.4 is 0 Å². The number of benzene rings is 1. The Labute approximate surface area is 162 Å². The van der Waals surface area contributed by atoms with Crippen molar-refractivity contribution < 1.29 is 4.29 Å². The average molecular weight is 386 g/mol. The highest BCUT2D eigenvalue weighted by Crippen LogP contribution is 2.63. The quantitative estimate of drug-likeness (QED) is 0.331. The second-order valence-electron chi connectivity index (χ2n) is 6.83. The Kier molecular flexibility index (Phi) is 15.6. The molecule has 0 aliphatic heterocycles. The van der Waals surface area contributed by atoms with Gasteiger partial charge in [0.25, 0.3) is 0 Å².